The molecular weight excluding hydrogens is 388 g/mol. The van der Waals surface area contributed by atoms with Crippen LogP contribution in [0.15, 0.2) is 54.7 Å². The quantitative estimate of drug-likeness (QED) is 0.640. The van der Waals surface area contributed by atoms with Crippen LogP contribution < -0.4 is 4.90 Å². The Hall–Kier alpha value is -2.90. The fourth-order valence-electron chi connectivity index (χ4n) is 4.02. The number of anilines is 1. The van der Waals surface area contributed by atoms with E-state index in [1.165, 1.54) is 24.3 Å². The second-order valence-corrected chi connectivity index (χ2v) is 7.53. The minimum Gasteiger partial charge on any atom is -0.355 e. The van der Waals surface area contributed by atoms with Gasteiger partial charge in [-0.1, -0.05) is 0 Å². The van der Waals surface area contributed by atoms with Crippen LogP contribution in [0.5, 0.6) is 0 Å². The van der Waals surface area contributed by atoms with Gasteiger partial charge in [-0.2, -0.15) is 0 Å². The minimum atomic E-state index is -0.461. The van der Waals surface area contributed by atoms with Gasteiger partial charge in [-0.3, -0.25) is 4.98 Å². The van der Waals surface area contributed by atoms with Crippen LogP contribution in [-0.2, 0) is 9.47 Å². The Bertz CT molecular complexity index is 1030. The number of hydrogen-bond acceptors (Lipinski definition) is 5. The molecule has 7 heteroatoms. The van der Waals surface area contributed by atoms with Crippen molar-refractivity contribution in [3.05, 3.63) is 66.4 Å². The van der Waals surface area contributed by atoms with Crippen molar-refractivity contribution in [3.8, 4) is 22.5 Å². The van der Waals surface area contributed by atoms with Crippen molar-refractivity contribution in [2.75, 3.05) is 31.2 Å². The van der Waals surface area contributed by atoms with E-state index in [0.717, 1.165) is 42.9 Å². The SMILES string of the molecule is Fc1ccc(-c2ncc(N3CCC4(CC3)OCCO4)nc2-c2ccc(F)cc2)cc1. The van der Waals surface area contributed by atoms with Gasteiger partial charge in [0.1, 0.15) is 17.5 Å². The molecule has 154 valence electrons. The molecule has 5 nitrogen and oxygen atoms in total. The molecule has 2 aliphatic heterocycles. The summed E-state index contributed by atoms with van der Waals surface area (Å²) < 4.78 is 38.5. The number of halogens is 2. The van der Waals surface area contributed by atoms with Crippen LogP contribution in [0.25, 0.3) is 22.5 Å². The van der Waals surface area contributed by atoms with Gasteiger partial charge in [0.05, 0.1) is 30.8 Å². The highest BCUT2D eigenvalue weighted by molar-refractivity contribution is 5.78. The van der Waals surface area contributed by atoms with Crippen molar-refractivity contribution in [2.24, 2.45) is 0 Å². The summed E-state index contributed by atoms with van der Waals surface area (Å²) in [5, 5.41) is 0. The molecule has 1 aromatic heterocycles. The van der Waals surface area contributed by atoms with Gasteiger partial charge in [0.25, 0.3) is 0 Å². The second-order valence-electron chi connectivity index (χ2n) is 7.53. The summed E-state index contributed by atoms with van der Waals surface area (Å²) in [6.07, 6.45) is 3.26. The molecule has 0 amide bonds. The minimum absolute atomic E-state index is 0.315. The molecule has 3 aromatic rings. The van der Waals surface area contributed by atoms with E-state index in [1.54, 1.807) is 30.5 Å². The number of nitrogens with zero attached hydrogens (tertiary/aromatic N) is 3. The molecule has 0 N–H and O–H groups in total. The summed E-state index contributed by atoms with van der Waals surface area (Å²) in [4.78, 5) is 11.7. The van der Waals surface area contributed by atoms with Gasteiger partial charge in [-0.25, -0.2) is 13.8 Å². The first-order valence-corrected chi connectivity index (χ1v) is 10.0. The average molecular weight is 409 g/mol. The number of aromatic nitrogens is 2. The van der Waals surface area contributed by atoms with Gasteiger partial charge in [-0.15, -0.1) is 0 Å². The highest BCUT2D eigenvalue weighted by atomic mass is 19.1. The third kappa shape index (κ3) is 3.66. The fraction of sp³-hybridized carbons (Fsp3) is 0.304. The van der Waals surface area contributed by atoms with Crippen molar-refractivity contribution in [3.63, 3.8) is 0 Å². The van der Waals surface area contributed by atoms with E-state index in [2.05, 4.69) is 9.88 Å². The maximum Gasteiger partial charge on any atom is 0.171 e. The molecule has 5 rings (SSSR count). The number of rotatable bonds is 3. The lowest BCUT2D eigenvalue weighted by molar-refractivity contribution is -0.169. The predicted molar refractivity (Wildman–Crippen MR) is 109 cm³/mol. The van der Waals surface area contributed by atoms with E-state index < -0.39 is 5.79 Å². The Kier molecular flexibility index (Phi) is 4.92. The first-order valence-electron chi connectivity index (χ1n) is 10.0. The van der Waals surface area contributed by atoms with E-state index in [0.29, 0.717) is 24.6 Å². The molecule has 0 radical (unpaired) electrons. The van der Waals surface area contributed by atoms with Crippen LogP contribution in [0.4, 0.5) is 14.6 Å². The Morgan fingerprint density at radius 2 is 1.30 bits per heavy atom. The summed E-state index contributed by atoms with van der Waals surface area (Å²) >= 11 is 0. The summed E-state index contributed by atoms with van der Waals surface area (Å²) in [5.74, 6) is -0.347. The molecule has 2 fully saturated rings. The standard InChI is InChI=1S/C23H21F2N3O2/c24-18-5-1-16(2-6-18)21-22(17-3-7-19(25)8-4-17)27-20(15-26-21)28-11-9-23(10-12-28)29-13-14-30-23/h1-8,15H,9-14H2. The van der Waals surface area contributed by atoms with Crippen LogP contribution >= 0.6 is 0 Å². The first-order chi connectivity index (χ1) is 14.6. The number of benzene rings is 2. The van der Waals surface area contributed by atoms with E-state index >= 15 is 0 Å². The third-order valence-corrected chi connectivity index (χ3v) is 5.66. The molecule has 2 aromatic carbocycles. The fourth-order valence-corrected chi connectivity index (χ4v) is 4.02. The maximum atomic E-state index is 13.5. The van der Waals surface area contributed by atoms with Gasteiger partial charge in [0.2, 0.25) is 0 Å². The number of ether oxygens (including phenoxy) is 2. The monoisotopic (exact) mass is 409 g/mol. The lowest BCUT2D eigenvalue weighted by atomic mass is 10.0. The third-order valence-electron chi connectivity index (χ3n) is 5.66. The maximum absolute atomic E-state index is 13.5. The van der Waals surface area contributed by atoms with Crippen LogP contribution in [0.3, 0.4) is 0 Å². The molecule has 0 saturated carbocycles. The predicted octanol–water partition coefficient (Wildman–Crippen LogP) is 4.43. The summed E-state index contributed by atoms with van der Waals surface area (Å²) in [7, 11) is 0. The van der Waals surface area contributed by atoms with Gasteiger partial charge >= 0.3 is 0 Å². The molecule has 1 spiro atoms. The number of hydrogen-bond donors (Lipinski definition) is 0. The lowest BCUT2D eigenvalue weighted by Gasteiger charge is -2.38. The Balaban J connectivity index is 1.50. The normalized spacial score (nSPS) is 18.1. The van der Waals surface area contributed by atoms with Crippen LogP contribution in [-0.4, -0.2) is 42.1 Å². The zero-order valence-corrected chi connectivity index (χ0v) is 16.4. The van der Waals surface area contributed by atoms with Crippen LogP contribution in [0.2, 0.25) is 0 Å². The summed E-state index contributed by atoms with van der Waals surface area (Å²) in [5.41, 5.74) is 2.76. The van der Waals surface area contributed by atoms with E-state index in [-0.39, 0.29) is 11.6 Å². The molecule has 0 atom stereocenters. The zero-order chi connectivity index (χ0) is 20.6. The number of piperidine rings is 1. The van der Waals surface area contributed by atoms with Crippen LogP contribution in [0, 0.1) is 11.6 Å². The first kappa shape index (κ1) is 19.1. The largest absolute Gasteiger partial charge is 0.355 e. The molecule has 2 saturated heterocycles. The van der Waals surface area contributed by atoms with Crippen molar-refractivity contribution in [1.82, 2.24) is 9.97 Å². The van der Waals surface area contributed by atoms with Gasteiger partial charge < -0.3 is 14.4 Å². The van der Waals surface area contributed by atoms with Gasteiger partial charge in [0, 0.05) is 37.1 Å². The summed E-state index contributed by atoms with van der Waals surface area (Å²) in [6.45, 7) is 2.77. The Labute approximate surface area is 173 Å². The molecule has 30 heavy (non-hydrogen) atoms. The van der Waals surface area contributed by atoms with Crippen molar-refractivity contribution < 1.29 is 18.3 Å². The Morgan fingerprint density at radius 1 is 0.767 bits per heavy atom. The van der Waals surface area contributed by atoms with Crippen molar-refractivity contribution >= 4 is 5.82 Å². The highest BCUT2D eigenvalue weighted by Gasteiger charge is 2.40. The van der Waals surface area contributed by atoms with Gasteiger partial charge in [0.15, 0.2) is 5.79 Å². The second kappa shape index (κ2) is 7.74. The topological polar surface area (TPSA) is 47.5 Å². The smallest absolute Gasteiger partial charge is 0.171 e. The molecule has 0 aliphatic carbocycles. The van der Waals surface area contributed by atoms with Gasteiger partial charge in [-0.05, 0) is 48.5 Å². The molecular formula is C23H21F2N3O2. The van der Waals surface area contributed by atoms with Crippen molar-refractivity contribution in [1.29, 1.82) is 0 Å². The van der Waals surface area contributed by atoms with Crippen molar-refractivity contribution in [2.45, 2.75) is 18.6 Å². The lowest BCUT2D eigenvalue weighted by Crippen LogP contribution is -2.45. The van der Waals surface area contributed by atoms with E-state index in [4.69, 9.17) is 14.5 Å². The average Bonchev–Trinajstić information content (AvgIpc) is 3.23. The van der Waals surface area contributed by atoms with Crippen LogP contribution in [0.1, 0.15) is 12.8 Å². The summed E-state index contributed by atoms with van der Waals surface area (Å²) in [6, 6.07) is 12.3. The van der Waals surface area contributed by atoms with E-state index in [1.807, 2.05) is 0 Å². The molecule has 2 aliphatic rings. The molecule has 0 unspecified atom stereocenters. The highest BCUT2D eigenvalue weighted by Crippen LogP contribution is 2.35. The zero-order valence-electron chi connectivity index (χ0n) is 16.4. The van der Waals surface area contributed by atoms with E-state index in [9.17, 15) is 8.78 Å². The molecule has 0 bridgehead atoms. The molecule has 3 heterocycles. The Morgan fingerprint density at radius 3 is 1.87 bits per heavy atom.